The summed E-state index contributed by atoms with van der Waals surface area (Å²) in [7, 11) is -10.0. The van der Waals surface area contributed by atoms with Crippen LogP contribution in [0.2, 0.25) is 0 Å². The average Bonchev–Trinajstić information content (AvgIpc) is 1.98. The van der Waals surface area contributed by atoms with E-state index in [1.54, 1.807) is 0 Å². The van der Waals surface area contributed by atoms with Crippen molar-refractivity contribution in [3.63, 3.8) is 0 Å². The van der Waals surface area contributed by atoms with Crippen LogP contribution in [0, 0.1) is 5.41 Å². The van der Waals surface area contributed by atoms with Crippen LogP contribution in [0.3, 0.4) is 0 Å². The van der Waals surface area contributed by atoms with Crippen LogP contribution in [-0.4, -0.2) is 45.6 Å². The van der Waals surface area contributed by atoms with Gasteiger partial charge in [0.1, 0.15) is 0 Å². The molecule has 0 radical (unpaired) electrons. The van der Waals surface area contributed by atoms with Gasteiger partial charge in [-0.1, -0.05) is 8.67 Å². The molecule has 0 aromatic rings. The van der Waals surface area contributed by atoms with Gasteiger partial charge < -0.3 is 14.8 Å². The van der Waals surface area contributed by atoms with Crippen molar-refractivity contribution in [2.24, 2.45) is 5.73 Å². The molecular weight excluding hydrogens is 358 g/mol. The monoisotopic (exact) mass is 364 g/mol. The summed E-state index contributed by atoms with van der Waals surface area (Å²) in [5.74, 6) is 0. The van der Waals surface area contributed by atoms with E-state index in [9.17, 15) is 16.8 Å². The summed E-state index contributed by atoms with van der Waals surface area (Å²) >= 11 is -3.11. The maximum atomic E-state index is 9.51. The minimum absolute atomic E-state index is 0. The molecule has 0 saturated heterocycles. The van der Waals surface area contributed by atoms with Crippen LogP contribution in [0.15, 0.2) is 0 Å². The molecule has 19 heavy (non-hydrogen) atoms. The van der Waals surface area contributed by atoms with Crippen LogP contribution in [0.25, 0.3) is 0 Å². The number of rotatable bonds is 3. The van der Waals surface area contributed by atoms with Gasteiger partial charge in [-0.15, -0.1) is 11.4 Å². The zero-order valence-electron chi connectivity index (χ0n) is 9.45. The van der Waals surface area contributed by atoms with Gasteiger partial charge in [0.15, 0.2) is 0 Å². The van der Waals surface area contributed by atoms with Crippen molar-refractivity contribution in [3.05, 3.63) is 0 Å². The van der Waals surface area contributed by atoms with Crippen LogP contribution < -0.4 is 64.8 Å². The van der Waals surface area contributed by atoms with E-state index in [-0.39, 0.29) is 59.1 Å². The molecule has 0 unspecified atom stereocenters. The van der Waals surface area contributed by atoms with E-state index in [4.69, 9.17) is 27.8 Å². The quantitative estimate of drug-likeness (QED) is 0.0694. The zero-order chi connectivity index (χ0) is 14.7. The second kappa shape index (κ2) is 17.3. The topological polar surface area (TPSA) is 240 Å². The van der Waals surface area contributed by atoms with Gasteiger partial charge in [0, 0.05) is 0 Å². The SMILES string of the molecule is N=CN.O=S(=O)(O)OOS(=O)(=O)O.O=S([O-])[O-].[Na+].[Na+]. The third-order valence-electron chi connectivity index (χ3n) is 0.200. The van der Waals surface area contributed by atoms with Crippen LogP contribution >= 0.6 is 0 Å². The van der Waals surface area contributed by atoms with E-state index in [0.717, 1.165) is 6.34 Å². The van der Waals surface area contributed by atoms with E-state index in [0.29, 0.717) is 0 Å². The molecule has 0 aliphatic carbocycles. The van der Waals surface area contributed by atoms with Crippen molar-refractivity contribution in [3.8, 4) is 0 Å². The summed E-state index contributed by atoms with van der Waals surface area (Å²) in [5.41, 5.74) is 4.39. The molecule has 0 amide bonds. The molecule has 0 aliphatic rings. The molecule has 0 bridgehead atoms. The predicted molar refractivity (Wildman–Crippen MR) is 47.9 cm³/mol. The first kappa shape index (κ1) is 32.3. The molecule has 0 saturated carbocycles. The molecule has 5 N–H and O–H groups in total. The number of nitrogens with one attached hydrogen (secondary N) is 1. The Hall–Kier alpha value is 1.28. The van der Waals surface area contributed by atoms with E-state index in [1.807, 2.05) is 0 Å². The fourth-order valence-electron chi connectivity index (χ4n) is 0.0702. The number of nitrogens with two attached hydrogens (primary N) is 1. The maximum absolute atomic E-state index is 9.51. The summed E-state index contributed by atoms with van der Waals surface area (Å²) in [6.45, 7) is 0. The van der Waals surface area contributed by atoms with Crippen LogP contribution in [0.5, 0.6) is 0 Å². The van der Waals surface area contributed by atoms with E-state index in [2.05, 4.69) is 14.4 Å². The van der Waals surface area contributed by atoms with Gasteiger partial charge in [-0.3, -0.25) is 18.7 Å². The molecule has 0 atom stereocenters. The summed E-state index contributed by atoms with van der Waals surface area (Å²) in [6, 6.07) is 0. The number of hydrogen-bond donors (Lipinski definition) is 4. The molecule has 106 valence electrons. The zero-order valence-corrected chi connectivity index (χ0v) is 15.9. The fraction of sp³-hybridized carbons (Fsp3) is 0. The second-order valence-electron chi connectivity index (χ2n) is 1.36. The van der Waals surface area contributed by atoms with Crippen molar-refractivity contribution < 1.29 is 107 Å². The fourth-order valence-corrected chi connectivity index (χ4v) is 0.632. The van der Waals surface area contributed by atoms with Crippen LogP contribution in [0.1, 0.15) is 0 Å². The Morgan fingerprint density at radius 1 is 1.05 bits per heavy atom. The Balaban J connectivity index is -0.0000000618. The van der Waals surface area contributed by atoms with Crippen molar-refractivity contribution in [2.75, 3.05) is 0 Å². The Bertz CT molecular complexity index is 379. The van der Waals surface area contributed by atoms with E-state index >= 15 is 0 Å². The molecule has 0 aromatic carbocycles. The third kappa shape index (κ3) is 84.0. The molecular formula is CH6N2Na2O11S3. The molecule has 0 spiro atoms. The predicted octanol–water partition coefficient (Wildman–Crippen LogP) is -8.90. The Labute approximate surface area is 155 Å². The Morgan fingerprint density at radius 3 is 1.21 bits per heavy atom. The standard InChI is InChI=1S/CH4N2.2Na.H2O8S2.H2O3S/c2-1-3;;;1-9(2,3)7-8-10(4,5)6;1-4(2)3/h1H,(H3,2,3);;;(H,1,2,3)(H,4,5,6);(H2,1,2,3)/q;2*+1;;/p-2. The van der Waals surface area contributed by atoms with Crippen LogP contribution in [-0.2, 0) is 40.8 Å². The smallest absolute Gasteiger partial charge is 0.784 e. The molecule has 13 nitrogen and oxygen atoms in total. The summed E-state index contributed by atoms with van der Waals surface area (Å²) in [4.78, 5) is 0. The molecule has 0 rings (SSSR count). The van der Waals surface area contributed by atoms with Crippen molar-refractivity contribution >= 4 is 38.5 Å². The first-order valence-electron chi connectivity index (χ1n) is 2.65. The van der Waals surface area contributed by atoms with E-state index < -0.39 is 32.2 Å². The van der Waals surface area contributed by atoms with Gasteiger partial charge in [-0.2, -0.15) is 16.8 Å². The summed E-state index contributed by atoms with van der Waals surface area (Å²) in [6.07, 6.45) is 0.750. The molecule has 0 heterocycles. The summed E-state index contributed by atoms with van der Waals surface area (Å²) < 4.78 is 84.2. The first-order valence-corrected chi connectivity index (χ1v) is 6.38. The van der Waals surface area contributed by atoms with Gasteiger partial charge >= 0.3 is 79.9 Å². The molecule has 0 aromatic heterocycles. The van der Waals surface area contributed by atoms with E-state index in [1.165, 1.54) is 0 Å². The summed E-state index contributed by atoms with van der Waals surface area (Å²) in [5, 5.41) is 5.86. The van der Waals surface area contributed by atoms with Crippen molar-refractivity contribution in [1.82, 2.24) is 0 Å². The van der Waals surface area contributed by atoms with Gasteiger partial charge in [0.05, 0.1) is 6.34 Å². The van der Waals surface area contributed by atoms with Crippen molar-refractivity contribution in [2.45, 2.75) is 0 Å². The molecule has 0 fully saturated rings. The van der Waals surface area contributed by atoms with Crippen LogP contribution in [0.4, 0.5) is 0 Å². The minimum Gasteiger partial charge on any atom is -0.784 e. The van der Waals surface area contributed by atoms with Gasteiger partial charge in [-0.25, -0.2) is 0 Å². The average molecular weight is 364 g/mol. The first-order chi connectivity index (χ1) is 7.35. The maximum Gasteiger partial charge on any atom is 1.00 e. The second-order valence-corrected chi connectivity index (χ2v) is 3.75. The van der Waals surface area contributed by atoms with Gasteiger partial charge in [0.2, 0.25) is 0 Å². The Kier molecular flexibility index (Phi) is 29.5. The largest absolute Gasteiger partial charge is 1.00 e. The molecule has 18 heteroatoms. The molecule has 0 aliphatic heterocycles. The normalized spacial score (nSPS) is 9.53. The van der Waals surface area contributed by atoms with Gasteiger partial charge in [0.25, 0.3) is 0 Å². The minimum atomic E-state index is -5.02. The van der Waals surface area contributed by atoms with Gasteiger partial charge in [-0.05, 0) is 0 Å². The number of hydrogen-bond acceptors (Lipinski definition) is 10. The third-order valence-corrected chi connectivity index (χ3v) is 0.766. The van der Waals surface area contributed by atoms with Crippen molar-refractivity contribution in [1.29, 1.82) is 5.41 Å². The Morgan fingerprint density at radius 2 is 1.16 bits per heavy atom.